The molecule has 4 nitrogen and oxygen atoms in total. The van der Waals surface area contributed by atoms with Crippen molar-refractivity contribution in [1.29, 1.82) is 0 Å². The van der Waals surface area contributed by atoms with Crippen molar-refractivity contribution in [3.05, 3.63) is 0 Å². The number of ether oxygens (including phenoxy) is 1. The zero-order valence-electron chi connectivity index (χ0n) is 11.8. The smallest absolute Gasteiger partial charge is 0.306 e. The van der Waals surface area contributed by atoms with Crippen molar-refractivity contribution in [2.75, 3.05) is 13.2 Å². The molecule has 2 aliphatic heterocycles. The maximum absolute atomic E-state index is 11.1. The number of carbonyl (C=O) groups is 1. The van der Waals surface area contributed by atoms with E-state index in [0.29, 0.717) is 12.1 Å². The Balaban J connectivity index is 1.61. The van der Waals surface area contributed by atoms with Crippen LogP contribution in [-0.4, -0.2) is 46.8 Å². The van der Waals surface area contributed by atoms with E-state index in [0.717, 1.165) is 38.8 Å². The van der Waals surface area contributed by atoms with Crippen LogP contribution in [0.1, 0.15) is 51.9 Å². The molecular formula is C15H25NO3. The lowest BCUT2D eigenvalue weighted by molar-refractivity contribution is -0.158. The van der Waals surface area contributed by atoms with E-state index < -0.39 is 5.97 Å². The van der Waals surface area contributed by atoms with Crippen LogP contribution >= 0.6 is 0 Å². The van der Waals surface area contributed by atoms with Gasteiger partial charge in [-0.25, -0.2) is 0 Å². The second kappa shape index (κ2) is 5.06. The molecule has 2 heterocycles. The molecule has 19 heavy (non-hydrogen) atoms. The molecule has 0 aromatic heterocycles. The van der Waals surface area contributed by atoms with Gasteiger partial charge in [0.25, 0.3) is 0 Å². The summed E-state index contributed by atoms with van der Waals surface area (Å²) in [7, 11) is 0. The van der Waals surface area contributed by atoms with Crippen molar-refractivity contribution in [3.8, 4) is 0 Å². The van der Waals surface area contributed by atoms with E-state index in [-0.39, 0.29) is 11.5 Å². The summed E-state index contributed by atoms with van der Waals surface area (Å²) in [5.74, 6) is -0.752. The third-order valence-corrected chi connectivity index (χ3v) is 5.48. The third-order valence-electron chi connectivity index (χ3n) is 5.48. The number of nitrogens with zero attached hydrogens (tertiary/aromatic N) is 1. The Morgan fingerprint density at radius 2 is 2.16 bits per heavy atom. The summed E-state index contributed by atoms with van der Waals surface area (Å²) >= 11 is 0. The zero-order chi connectivity index (χ0) is 13.5. The first-order valence-electron chi connectivity index (χ1n) is 7.72. The van der Waals surface area contributed by atoms with Gasteiger partial charge in [-0.15, -0.1) is 0 Å². The van der Waals surface area contributed by atoms with E-state index in [1.165, 1.54) is 19.3 Å². The van der Waals surface area contributed by atoms with Gasteiger partial charge in [-0.2, -0.15) is 0 Å². The molecule has 3 rings (SSSR count). The van der Waals surface area contributed by atoms with E-state index in [9.17, 15) is 4.79 Å². The monoisotopic (exact) mass is 267 g/mol. The lowest BCUT2D eigenvalue weighted by Crippen LogP contribution is -2.56. The lowest BCUT2D eigenvalue weighted by Gasteiger charge is -2.51. The van der Waals surface area contributed by atoms with Gasteiger partial charge in [0.05, 0.1) is 11.5 Å². The molecule has 0 aromatic rings. The number of aliphatic carboxylic acids is 1. The minimum Gasteiger partial charge on any atom is -0.481 e. The molecular weight excluding hydrogens is 242 g/mol. The molecule has 0 bridgehead atoms. The SMILES string of the molecule is CC1CC(C(=O)O)CCN1C1CCOC2(CCC2)C1. The van der Waals surface area contributed by atoms with Crippen molar-refractivity contribution >= 4 is 5.97 Å². The van der Waals surface area contributed by atoms with Crippen LogP contribution in [0.4, 0.5) is 0 Å². The summed E-state index contributed by atoms with van der Waals surface area (Å²) in [6.45, 7) is 4.02. The lowest BCUT2D eigenvalue weighted by atomic mass is 9.73. The molecule has 0 aromatic carbocycles. The number of hydrogen-bond donors (Lipinski definition) is 1. The Morgan fingerprint density at radius 3 is 2.74 bits per heavy atom. The van der Waals surface area contributed by atoms with Crippen LogP contribution in [0.15, 0.2) is 0 Å². The largest absolute Gasteiger partial charge is 0.481 e. The molecule has 108 valence electrons. The molecule has 3 fully saturated rings. The summed E-state index contributed by atoms with van der Waals surface area (Å²) in [5.41, 5.74) is 0.187. The summed E-state index contributed by atoms with van der Waals surface area (Å²) in [4.78, 5) is 13.7. The van der Waals surface area contributed by atoms with Gasteiger partial charge >= 0.3 is 5.97 Å². The van der Waals surface area contributed by atoms with Gasteiger partial charge in [0, 0.05) is 18.7 Å². The van der Waals surface area contributed by atoms with Gasteiger partial charge in [0.2, 0.25) is 0 Å². The summed E-state index contributed by atoms with van der Waals surface area (Å²) < 4.78 is 6.00. The summed E-state index contributed by atoms with van der Waals surface area (Å²) in [5, 5.41) is 9.14. The highest BCUT2D eigenvalue weighted by Gasteiger charge is 2.45. The Kier molecular flexibility index (Phi) is 3.56. The average molecular weight is 267 g/mol. The van der Waals surface area contributed by atoms with Crippen molar-refractivity contribution in [3.63, 3.8) is 0 Å². The summed E-state index contributed by atoms with van der Waals surface area (Å²) in [6.07, 6.45) is 7.65. The van der Waals surface area contributed by atoms with Gasteiger partial charge in [-0.05, 0) is 58.4 Å². The molecule has 1 saturated carbocycles. The first-order valence-corrected chi connectivity index (χ1v) is 7.72. The normalized spacial score (nSPS) is 38.9. The average Bonchev–Trinajstić information content (AvgIpc) is 2.37. The molecule has 2 saturated heterocycles. The predicted molar refractivity (Wildman–Crippen MR) is 72.1 cm³/mol. The fraction of sp³-hybridized carbons (Fsp3) is 0.933. The van der Waals surface area contributed by atoms with E-state index in [4.69, 9.17) is 9.84 Å². The predicted octanol–water partition coefficient (Wildman–Crippen LogP) is 2.27. The topological polar surface area (TPSA) is 49.8 Å². The highest BCUT2D eigenvalue weighted by molar-refractivity contribution is 5.70. The second-order valence-electron chi connectivity index (χ2n) is 6.68. The Labute approximate surface area is 115 Å². The fourth-order valence-electron chi connectivity index (χ4n) is 4.16. The van der Waals surface area contributed by atoms with Gasteiger partial charge in [0.1, 0.15) is 0 Å². The maximum Gasteiger partial charge on any atom is 0.306 e. The van der Waals surface area contributed by atoms with Gasteiger partial charge in [0.15, 0.2) is 0 Å². The number of carboxylic acids is 1. The second-order valence-corrected chi connectivity index (χ2v) is 6.68. The first kappa shape index (κ1) is 13.4. The van der Waals surface area contributed by atoms with Gasteiger partial charge in [-0.1, -0.05) is 0 Å². The third kappa shape index (κ3) is 2.52. The van der Waals surface area contributed by atoms with Crippen LogP contribution in [0, 0.1) is 5.92 Å². The zero-order valence-corrected chi connectivity index (χ0v) is 11.8. The van der Waals surface area contributed by atoms with Crippen molar-refractivity contribution in [2.24, 2.45) is 5.92 Å². The molecule has 3 atom stereocenters. The quantitative estimate of drug-likeness (QED) is 0.834. The number of carboxylic acid groups (broad SMARTS) is 1. The number of hydrogen-bond acceptors (Lipinski definition) is 3. The van der Waals surface area contributed by atoms with E-state index in [2.05, 4.69) is 11.8 Å². The molecule has 1 N–H and O–H groups in total. The standard InChI is InChI=1S/C15H25NO3/c1-11-9-12(14(17)18)3-7-16(11)13-4-8-19-15(10-13)5-2-6-15/h11-13H,2-10H2,1H3,(H,17,18). The van der Waals surface area contributed by atoms with Crippen LogP contribution in [0.3, 0.4) is 0 Å². The van der Waals surface area contributed by atoms with Crippen molar-refractivity contribution in [1.82, 2.24) is 4.90 Å². The number of piperidine rings is 1. The van der Waals surface area contributed by atoms with Crippen LogP contribution in [0.25, 0.3) is 0 Å². The van der Waals surface area contributed by atoms with Crippen molar-refractivity contribution < 1.29 is 14.6 Å². The van der Waals surface area contributed by atoms with E-state index >= 15 is 0 Å². The Hall–Kier alpha value is -0.610. The van der Waals surface area contributed by atoms with Crippen LogP contribution < -0.4 is 0 Å². The van der Waals surface area contributed by atoms with Crippen LogP contribution in [0.2, 0.25) is 0 Å². The van der Waals surface area contributed by atoms with E-state index in [1.54, 1.807) is 0 Å². The molecule has 0 radical (unpaired) electrons. The molecule has 4 heteroatoms. The number of likely N-dealkylation sites (tertiary alicyclic amines) is 1. The Bertz CT molecular complexity index is 353. The molecule has 0 amide bonds. The van der Waals surface area contributed by atoms with Crippen molar-refractivity contribution in [2.45, 2.75) is 69.6 Å². The van der Waals surface area contributed by atoms with Crippen LogP contribution in [0.5, 0.6) is 0 Å². The van der Waals surface area contributed by atoms with Gasteiger partial charge < -0.3 is 9.84 Å². The fourth-order valence-corrected chi connectivity index (χ4v) is 4.16. The minimum atomic E-state index is -0.617. The van der Waals surface area contributed by atoms with Gasteiger partial charge in [-0.3, -0.25) is 9.69 Å². The molecule has 3 aliphatic rings. The molecule has 1 aliphatic carbocycles. The minimum absolute atomic E-state index is 0.135. The molecule has 3 unspecified atom stereocenters. The highest BCUT2D eigenvalue weighted by atomic mass is 16.5. The Morgan fingerprint density at radius 1 is 1.37 bits per heavy atom. The first-order chi connectivity index (χ1) is 9.10. The summed E-state index contributed by atoms with van der Waals surface area (Å²) in [6, 6.07) is 1.01. The van der Waals surface area contributed by atoms with Crippen LogP contribution in [-0.2, 0) is 9.53 Å². The van der Waals surface area contributed by atoms with E-state index in [1.807, 2.05) is 0 Å². The molecule has 1 spiro atoms. The number of rotatable bonds is 2. The maximum atomic E-state index is 11.1. The highest BCUT2D eigenvalue weighted by Crippen LogP contribution is 2.44.